The topological polar surface area (TPSA) is 6.48 Å². The Labute approximate surface area is 92.3 Å². The van der Waals surface area contributed by atoms with E-state index in [1.54, 1.807) is 0 Å². The van der Waals surface area contributed by atoms with Gasteiger partial charge in [-0.05, 0) is 32.2 Å². The zero-order valence-corrected chi connectivity index (χ0v) is 9.64. The second-order valence-electron chi connectivity index (χ2n) is 4.18. The van der Waals surface area contributed by atoms with Gasteiger partial charge in [-0.25, -0.2) is 0 Å². The fourth-order valence-corrected chi connectivity index (χ4v) is 2.11. The Hall–Kier alpha value is -1.22. The second-order valence-corrected chi connectivity index (χ2v) is 4.18. The van der Waals surface area contributed by atoms with E-state index < -0.39 is 0 Å². The van der Waals surface area contributed by atoms with Crippen molar-refractivity contribution in [3.8, 4) is 0 Å². The van der Waals surface area contributed by atoms with Crippen LogP contribution in [-0.2, 0) is 0 Å². The number of hydrogen-bond donors (Lipinski definition) is 0. The molecule has 1 heterocycles. The van der Waals surface area contributed by atoms with Gasteiger partial charge in [-0.15, -0.1) is 0 Å². The van der Waals surface area contributed by atoms with Crippen molar-refractivity contribution in [2.75, 3.05) is 20.6 Å². The second kappa shape index (κ2) is 4.11. The molecular formula is C12H17BN2. The molecule has 0 saturated carbocycles. The van der Waals surface area contributed by atoms with Gasteiger partial charge in [0.2, 0.25) is 0 Å². The third-order valence-corrected chi connectivity index (χ3v) is 3.11. The summed E-state index contributed by atoms with van der Waals surface area (Å²) in [5.74, 6) is 0. The molecular weight excluding hydrogens is 183 g/mol. The molecule has 0 bridgehead atoms. The highest BCUT2D eigenvalue weighted by atomic mass is 15.2. The van der Waals surface area contributed by atoms with E-state index in [0.29, 0.717) is 6.98 Å². The van der Waals surface area contributed by atoms with Gasteiger partial charge in [0.05, 0.1) is 0 Å². The largest absolute Gasteiger partial charge is 0.404 e. The maximum atomic E-state index is 2.35. The average Bonchev–Trinajstić information content (AvgIpc) is 2.26. The van der Waals surface area contributed by atoms with Crippen LogP contribution in [0.25, 0.3) is 0 Å². The van der Waals surface area contributed by atoms with Crippen molar-refractivity contribution in [1.82, 2.24) is 9.62 Å². The van der Waals surface area contributed by atoms with Gasteiger partial charge in [0.1, 0.15) is 0 Å². The molecule has 0 amide bonds. The van der Waals surface area contributed by atoms with E-state index in [1.807, 2.05) is 0 Å². The summed E-state index contributed by atoms with van der Waals surface area (Å²) in [5.41, 5.74) is 2.71. The Balaban J connectivity index is 2.32. The molecule has 0 radical (unpaired) electrons. The van der Waals surface area contributed by atoms with E-state index in [1.165, 1.54) is 11.2 Å². The summed E-state index contributed by atoms with van der Waals surface area (Å²) < 4.78 is 0. The lowest BCUT2D eigenvalue weighted by atomic mass is 9.63. The Morgan fingerprint density at radius 2 is 1.80 bits per heavy atom. The molecule has 0 unspecified atom stereocenters. The summed E-state index contributed by atoms with van der Waals surface area (Å²) in [7, 11) is 4.32. The van der Waals surface area contributed by atoms with Crippen LogP contribution in [0.5, 0.6) is 0 Å². The molecule has 1 aliphatic heterocycles. The molecule has 2 nitrogen and oxygen atoms in total. The third kappa shape index (κ3) is 1.93. The summed E-state index contributed by atoms with van der Waals surface area (Å²) in [6.45, 7) is 3.56. The first-order chi connectivity index (χ1) is 7.20. The molecule has 0 saturated heterocycles. The van der Waals surface area contributed by atoms with Gasteiger partial charge in [-0.3, -0.25) is 0 Å². The number of likely N-dealkylation sites (N-methyl/N-ethyl adjacent to an activating group) is 1. The fraction of sp³-hybridized carbons (Fsp3) is 0.333. The van der Waals surface area contributed by atoms with Gasteiger partial charge in [0.25, 0.3) is 0 Å². The van der Waals surface area contributed by atoms with Crippen LogP contribution < -0.4 is 5.46 Å². The van der Waals surface area contributed by atoms with Gasteiger partial charge >= 0.3 is 6.98 Å². The Morgan fingerprint density at radius 3 is 2.47 bits per heavy atom. The van der Waals surface area contributed by atoms with E-state index in [2.05, 4.69) is 67.0 Å². The minimum atomic E-state index is 0.371. The van der Waals surface area contributed by atoms with Crippen LogP contribution in [0.1, 0.15) is 6.92 Å². The van der Waals surface area contributed by atoms with Crippen LogP contribution >= 0.6 is 0 Å². The van der Waals surface area contributed by atoms with Crippen LogP contribution in [-0.4, -0.2) is 37.2 Å². The Morgan fingerprint density at radius 1 is 1.13 bits per heavy atom. The van der Waals surface area contributed by atoms with Gasteiger partial charge in [-0.1, -0.05) is 36.4 Å². The maximum absolute atomic E-state index is 2.35. The monoisotopic (exact) mass is 200 g/mol. The third-order valence-electron chi connectivity index (χ3n) is 3.11. The van der Waals surface area contributed by atoms with Crippen molar-refractivity contribution >= 4 is 12.4 Å². The number of hydrogen-bond acceptors (Lipinski definition) is 2. The van der Waals surface area contributed by atoms with E-state index >= 15 is 0 Å². The van der Waals surface area contributed by atoms with E-state index in [0.717, 1.165) is 6.54 Å². The first kappa shape index (κ1) is 10.3. The number of benzene rings is 1. The molecule has 2 rings (SSSR count). The van der Waals surface area contributed by atoms with Crippen LogP contribution in [0.3, 0.4) is 0 Å². The lowest BCUT2D eigenvalue weighted by molar-refractivity contribution is 0.472. The van der Waals surface area contributed by atoms with Crippen molar-refractivity contribution in [3.63, 3.8) is 0 Å². The number of nitrogens with zero attached hydrogens (tertiary/aromatic N) is 2. The highest BCUT2D eigenvalue weighted by Gasteiger charge is 2.30. The average molecular weight is 200 g/mol. The van der Waals surface area contributed by atoms with Crippen LogP contribution in [0.4, 0.5) is 0 Å². The lowest BCUT2D eigenvalue weighted by Crippen LogP contribution is -2.58. The molecule has 0 aromatic heterocycles. The highest BCUT2D eigenvalue weighted by Crippen LogP contribution is 2.12. The molecule has 1 aromatic carbocycles. The molecule has 0 atom stereocenters. The summed E-state index contributed by atoms with van der Waals surface area (Å²) in [5, 5.41) is 0. The zero-order chi connectivity index (χ0) is 10.8. The molecule has 0 N–H and O–H groups in total. The summed E-state index contributed by atoms with van der Waals surface area (Å²) in [6.07, 6.45) is 2.26. The lowest BCUT2D eigenvalue weighted by Gasteiger charge is -2.37. The van der Waals surface area contributed by atoms with Crippen LogP contribution in [0, 0.1) is 0 Å². The molecule has 15 heavy (non-hydrogen) atoms. The summed E-state index contributed by atoms with van der Waals surface area (Å²) in [4.78, 5) is 4.67. The highest BCUT2D eigenvalue weighted by molar-refractivity contribution is 6.68. The minimum absolute atomic E-state index is 0.371. The van der Waals surface area contributed by atoms with Crippen molar-refractivity contribution in [3.05, 3.63) is 42.1 Å². The number of rotatable bonds is 1. The minimum Gasteiger partial charge on any atom is -0.404 e. The first-order valence-corrected chi connectivity index (χ1v) is 5.35. The Bertz CT molecular complexity index is 361. The van der Waals surface area contributed by atoms with E-state index in [9.17, 15) is 0 Å². The van der Waals surface area contributed by atoms with Crippen molar-refractivity contribution < 1.29 is 0 Å². The van der Waals surface area contributed by atoms with Gasteiger partial charge in [0, 0.05) is 6.54 Å². The molecule has 0 fully saturated rings. The van der Waals surface area contributed by atoms with E-state index in [-0.39, 0.29) is 0 Å². The molecule has 1 aliphatic rings. The van der Waals surface area contributed by atoms with Gasteiger partial charge in [0.15, 0.2) is 0 Å². The van der Waals surface area contributed by atoms with Crippen LogP contribution in [0.15, 0.2) is 42.1 Å². The normalized spacial score (nSPS) is 17.9. The van der Waals surface area contributed by atoms with Crippen LogP contribution in [0.2, 0.25) is 0 Å². The molecule has 1 aromatic rings. The maximum Gasteiger partial charge on any atom is 0.378 e. The summed E-state index contributed by atoms with van der Waals surface area (Å²) in [6, 6.07) is 10.6. The fourth-order valence-electron chi connectivity index (χ4n) is 2.11. The van der Waals surface area contributed by atoms with Crippen molar-refractivity contribution in [1.29, 1.82) is 0 Å². The predicted molar refractivity (Wildman–Crippen MR) is 66.0 cm³/mol. The SMILES string of the molecule is CC1=CCN(C)B(c2ccccc2)N1C. The van der Waals surface area contributed by atoms with E-state index in [4.69, 9.17) is 0 Å². The van der Waals surface area contributed by atoms with Gasteiger partial charge < -0.3 is 9.62 Å². The molecule has 0 spiro atoms. The van der Waals surface area contributed by atoms with Gasteiger partial charge in [-0.2, -0.15) is 0 Å². The van der Waals surface area contributed by atoms with Crippen molar-refractivity contribution in [2.45, 2.75) is 6.92 Å². The smallest absolute Gasteiger partial charge is 0.378 e. The number of allylic oxidation sites excluding steroid dienone is 1. The summed E-state index contributed by atoms with van der Waals surface area (Å²) >= 11 is 0. The van der Waals surface area contributed by atoms with Crippen molar-refractivity contribution in [2.24, 2.45) is 0 Å². The molecule has 0 aliphatic carbocycles. The quantitative estimate of drug-likeness (QED) is 0.627. The predicted octanol–water partition coefficient (Wildman–Crippen LogP) is 1.16. The first-order valence-electron chi connectivity index (χ1n) is 5.35. The standard InChI is InChI=1S/C12H17BN2/c1-11-9-10-14(2)13(15(11)3)12-7-5-4-6-8-12/h4-9H,10H2,1-3H3. The molecule has 3 heteroatoms. The zero-order valence-electron chi connectivity index (χ0n) is 9.64. The Kier molecular flexibility index (Phi) is 2.82. The molecule has 78 valence electrons.